The second kappa shape index (κ2) is 11.2. The number of fused-ring (bicyclic) bond motifs is 1. The van der Waals surface area contributed by atoms with Crippen LogP contribution in [0.4, 0.5) is 0 Å². The third-order valence-corrected chi connectivity index (χ3v) is 5.29. The Morgan fingerprint density at radius 3 is 2.87 bits per heavy atom. The second-order valence-electron chi connectivity index (χ2n) is 7.49. The first kappa shape index (κ1) is 22.3. The van der Waals surface area contributed by atoms with Crippen molar-refractivity contribution in [3.05, 3.63) is 45.3 Å². The Hall–Kier alpha value is -3.34. The third kappa shape index (κ3) is 6.07. The van der Waals surface area contributed by atoms with Gasteiger partial charge in [0.1, 0.15) is 12.6 Å². The van der Waals surface area contributed by atoms with E-state index in [1.54, 1.807) is 12.1 Å². The molecule has 0 saturated carbocycles. The zero-order valence-corrected chi connectivity index (χ0v) is 17.3. The fourth-order valence-corrected chi connectivity index (χ4v) is 3.70. The first-order valence-electron chi connectivity index (χ1n) is 10.4. The van der Waals surface area contributed by atoms with Gasteiger partial charge in [-0.3, -0.25) is 19.7 Å². The van der Waals surface area contributed by atoms with Crippen LogP contribution in [0, 0.1) is 11.8 Å². The summed E-state index contributed by atoms with van der Waals surface area (Å²) in [5, 5.41) is 5.80. The number of hydrogen-bond acceptors (Lipinski definition) is 5. The SMILES string of the molecule is [N-]=[N+]=NCCCCCCOCC#Cc1ccc2c(c1)CN(C1CCC(=O)NC1=O)C2=O. The van der Waals surface area contributed by atoms with Crippen LogP contribution in [0.5, 0.6) is 0 Å². The van der Waals surface area contributed by atoms with Gasteiger partial charge in [0, 0.05) is 42.2 Å². The standard InChI is InChI=1S/C22H25N5O4/c23-26-24-11-3-1-2-4-12-31-13-5-6-16-7-8-18-17(14-16)15-27(22(18)30)19-9-10-20(28)25-21(19)29/h7-8,14,19H,1-4,9-13,15H2,(H,25,28,29). The van der Waals surface area contributed by atoms with E-state index in [-0.39, 0.29) is 18.2 Å². The van der Waals surface area contributed by atoms with Crippen LogP contribution in [0.25, 0.3) is 10.4 Å². The molecule has 31 heavy (non-hydrogen) atoms. The van der Waals surface area contributed by atoms with Gasteiger partial charge < -0.3 is 9.64 Å². The maximum Gasteiger partial charge on any atom is 0.255 e. The Morgan fingerprint density at radius 1 is 1.23 bits per heavy atom. The predicted octanol–water partition coefficient (Wildman–Crippen LogP) is 2.69. The summed E-state index contributed by atoms with van der Waals surface area (Å²) in [5.41, 5.74) is 10.4. The zero-order chi connectivity index (χ0) is 22.1. The van der Waals surface area contributed by atoms with Gasteiger partial charge in [0.25, 0.3) is 5.91 Å². The lowest BCUT2D eigenvalue weighted by atomic mass is 10.0. The van der Waals surface area contributed by atoms with Crippen molar-refractivity contribution >= 4 is 17.7 Å². The van der Waals surface area contributed by atoms with E-state index in [4.69, 9.17) is 10.3 Å². The minimum absolute atomic E-state index is 0.188. The average molecular weight is 423 g/mol. The molecule has 1 aromatic carbocycles. The van der Waals surface area contributed by atoms with Crippen molar-refractivity contribution < 1.29 is 19.1 Å². The summed E-state index contributed by atoms with van der Waals surface area (Å²) < 4.78 is 5.52. The number of benzene rings is 1. The van der Waals surface area contributed by atoms with E-state index < -0.39 is 11.9 Å². The summed E-state index contributed by atoms with van der Waals surface area (Å²) >= 11 is 0. The molecule has 2 heterocycles. The van der Waals surface area contributed by atoms with Crippen LogP contribution in [0.1, 0.15) is 60.0 Å². The Bertz CT molecular complexity index is 958. The number of hydrogen-bond donors (Lipinski definition) is 1. The molecule has 9 nitrogen and oxygen atoms in total. The van der Waals surface area contributed by atoms with Gasteiger partial charge in [-0.2, -0.15) is 0 Å². The van der Waals surface area contributed by atoms with Crippen molar-refractivity contribution in [2.24, 2.45) is 5.11 Å². The van der Waals surface area contributed by atoms with Gasteiger partial charge in [0.2, 0.25) is 11.8 Å². The minimum Gasteiger partial charge on any atom is -0.369 e. The highest BCUT2D eigenvalue weighted by atomic mass is 16.5. The van der Waals surface area contributed by atoms with E-state index in [0.717, 1.165) is 36.8 Å². The number of unbranched alkanes of at least 4 members (excludes halogenated alkanes) is 3. The molecule has 162 valence electrons. The predicted molar refractivity (Wildman–Crippen MR) is 113 cm³/mol. The maximum atomic E-state index is 12.7. The lowest BCUT2D eigenvalue weighted by Gasteiger charge is -2.29. The molecule has 0 bridgehead atoms. The summed E-state index contributed by atoms with van der Waals surface area (Å²) in [4.78, 5) is 40.4. The van der Waals surface area contributed by atoms with Crippen LogP contribution in [-0.4, -0.2) is 48.4 Å². The van der Waals surface area contributed by atoms with Crippen molar-refractivity contribution in [3.63, 3.8) is 0 Å². The molecule has 1 unspecified atom stereocenters. The summed E-state index contributed by atoms with van der Waals surface area (Å²) in [7, 11) is 0. The van der Waals surface area contributed by atoms with Crippen molar-refractivity contribution in [3.8, 4) is 11.8 Å². The molecule has 9 heteroatoms. The topological polar surface area (TPSA) is 124 Å². The van der Waals surface area contributed by atoms with E-state index in [1.165, 1.54) is 4.90 Å². The number of nitrogens with zero attached hydrogens (tertiary/aromatic N) is 4. The Labute approximate surface area is 180 Å². The molecule has 1 atom stereocenters. The summed E-state index contributed by atoms with van der Waals surface area (Å²) in [6.07, 6.45) is 4.46. The first-order valence-corrected chi connectivity index (χ1v) is 10.4. The molecule has 2 aliphatic rings. The summed E-state index contributed by atoms with van der Waals surface area (Å²) in [5.74, 6) is 5.13. The van der Waals surface area contributed by atoms with Crippen LogP contribution >= 0.6 is 0 Å². The Kier molecular flexibility index (Phi) is 8.05. The number of imide groups is 1. The molecule has 1 saturated heterocycles. The number of ether oxygens (including phenoxy) is 1. The monoisotopic (exact) mass is 423 g/mol. The van der Waals surface area contributed by atoms with Crippen LogP contribution in [0.3, 0.4) is 0 Å². The smallest absolute Gasteiger partial charge is 0.255 e. The van der Waals surface area contributed by atoms with Gasteiger partial charge >= 0.3 is 0 Å². The number of carbonyl (C=O) groups is 3. The van der Waals surface area contributed by atoms with Gasteiger partial charge in [0.05, 0.1) is 0 Å². The van der Waals surface area contributed by atoms with Crippen LogP contribution in [0.15, 0.2) is 23.3 Å². The number of rotatable bonds is 9. The van der Waals surface area contributed by atoms with Crippen molar-refractivity contribution in [1.29, 1.82) is 0 Å². The quantitative estimate of drug-likeness (QED) is 0.164. The van der Waals surface area contributed by atoms with Gasteiger partial charge in [-0.1, -0.05) is 29.8 Å². The summed E-state index contributed by atoms with van der Waals surface area (Å²) in [6, 6.07) is 4.79. The van der Waals surface area contributed by atoms with Gasteiger partial charge in [-0.25, -0.2) is 0 Å². The van der Waals surface area contributed by atoms with E-state index in [2.05, 4.69) is 27.2 Å². The maximum absolute atomic E-state index is 12.7. The Morgan fingerprint density at radius 2 is 2.06 bits per heavy atom. The molecule has 2 aliphatic heterocycles. The van der Waals surface area contributed by atoms with E-state index in [0.29, 0.717) is 38.3 Å². The fourth-order valence-electron chi connectivity index (χ4n) is 3.70. The number of amides is 3. The first-order chi connectivity index (χ1) is 15.1. The zero-order valence-electron chi connectivity index (χ0n) is 17.3. The van der Waals surface area contributed by atoms with Crippen molar-refractivity contribution in [2.75, 3.05) is 19.8 Å². The molecule has 3 amide bonds. The fraction of sp³-hybridized carbons (Fsp3) is 0.500. The highest BCUT2D eigenvalue weighted by molar-refractivity contribution is 6.05. The largest absolute Gasteiger partial charge is 0.369 e. The minimum atomic E-state index is -0.611. The van der Waals surface area contributed by atoms with E-state index in [1.807, 2.05) is 6.07 Å². The molecule has 0 aromatic heterocycles. The van der Waals surface area contributed by atoms with E-state index >= 15 is 0 Å². The average Bonchev–Trinajstić information content (AvgIpc) is 3.07. The molecular formula is C22H25N5O4. The number of piperidine rings is 1. The van der Waals surface area contributed by atoms with Crippen molar-refractivity contribution in [1.82, 2.24) is 10.2 Å². The lowest BCUT2D eigenvalue weighted by molar-refractivity contribution is -0.136. The van der Waals surface area contributed by atoms with Crippen molar-refractivity contribution in [2.45, 2.75) is 51.1 Å². The normalized spacial score (nSPS) is 17.5. The van der Waals surface area contributed by atoms with Gasteiger partial charge in [0.15, 0.2) is 0 Å². The van der Waals surface area contributed by atoms with Gasteiger partial charge in [-0.15, -0.1) is 0 Å². The number of carbonyl (C=O) groups excluding carboxylic acids is 3. The highest BCUT2D eigenvalue weighted by Gasteiger charge is 2.38. The van der Waals surface area contributed by atoms with E-state index in [9.17, 15) is 14.4 Å². The van der Waals surface area contributed by atoms with Crippen LogP contribution in [-0.2, 0) is 20.9 Å². The third-order valence-electron chi connectivity index (χ3n) is 5.29. The molecule has 0 radical (unpaired) electrons. The Balaban J connectivity index is 1.44. The lowest BCUT2D eigenvalue weighted by Crippen LogP contribution is -2.52. The van der Waals surface area contributed by atoms with Gasteiger partial charge in [-0.05, 0) is 48.6 Å². The highest BCUT2D eigenvalue weighted by Crippen LogP contribution is 2.28. The molecule has 0 spiro atoms. The molecule has 1 N–H and O–H groups in total. The molecule has 0 aliphatic carbocycles. The van der Waals surface area contributed by atoms with Crippen LogP contribution < -0.4 is 5.32 Å². The molecule has 1 aromatic rings. The molecular weight excluding hydrogens is 398 g/mol. The van der Waals surface area contributed by atoms with Crippen LogP contribution in [0.2, 0.25) is 0 Å². The number of nitrogens with one attached hydrogen (secondary N) is 1. The molecule has 3 rings (SSSR count). The number of azide groups is 1. The second-order valence-corrected chi connectivity index (χ2v) is 7.49. The summed E-state index contributed by atoms with van der Waals surface area (Å²) in [6.45, 7) is 1.85. The molecule has 1 fully saturated rings.